The van der Waals surface area contributed by atoms with Gasteiger partial charge in [0.1, 0.15) is 0 Å². The molecule has 21 heavy (non-hydrogen) atoms. The van der Waals surface area contributed by atoms with Gasteiger partial charge in [-0.1, -0.05) is 23.7 Å². The van der Waals surface area contributed by atoms with Gasteiger partial charge in [-0.2, -0.15) is 0 Å². The van der Waals surface area contributed by atoms with E-state index in [-0.39, 0.29) is 11.9 Å². The molecule has 1 amide bonds. The highest BCUT2D eigenvalue weighted by Crippen LogP contribution is 2.21. The van der Waals surface area contributed by atoms with E-state index in [4.69, 9.17) is 17.3 Å². The fourth-order valence-electron chi connectivity index (χ4n) is 2.64. The molecule has 0 aliphatic carbocycles. The molecule has 0 spiro atoms. The second kappa shape index (κ2) is 8.06. The van der Waals surface area contributed by atoms with E-state index in [0.29, 0.717) is 11.7 Å². The Balaban J connectivity index is 1.76. The molecule has 1 heterocycles. The molecule has 1 aliphatic heterocycles. The highest BCUT2D eigenvalue weighted by Gasteiger charge is 2.25. The Morgan fingerprint density at radius 3 is 3.10 bits per heavy atom. The van der Waals surface area contributed by atoms with Crippen molar-refractivity contribution in [3.05, 3.63) is 34.9 Å². The molecular weight excluding hydrogens is 304 g/mol. The van der Waals surface area contributed by atoms with Crippen LogP contribution in [0, 0.1) is 5.92 Å². The van der Waals surface area contributed by atoms with E-state index in [9.17, 15) is 4.79 Å². The number of piperidine rings is 1. The van der Waals surface area contributed by atoms with Crippen molar-refractivity contribution in [2.24, 2.45) is 11.7 Å². The van der Waals surface area contributed by atoms with Crippen molar-refractivity contribution in [3.63, 3.8) is 0 Å². The standard InChI is InChI=1S/C16H23ClN2OS/c1-12(18)14-5-3-7-19(9-14)16(20)11-21-10-13-4-2-6-15(17)8-13/h2,4,6,8,12,14H,3,5,7,9-11,18H2,1H3. The first-order chi connectivity index (χ1) is 10.1. The number of rotatable bonds is 5. The fourth-order valence-corrected chi connectivity index (χ4v) is 3.73. The normalized spacial score (nSPS) is 20.3. The maximum atomic E-state index is 12.3. The van der Waals surface area contributed by atoms with Gasteiger partial charge in [-0.25, -0.2) is 0 Å². The van der Waals surface area contributed by atoms with E-state index >= 15 is 0 Å². The van der Waals surface area contributed by atoms with Crippen LogP contribution in [0.5, 0.6) is 0 Å². The van der Waals surface area contributed by atoms with Gasteiger partial charge in [0, 0.05) is 29.9 Å². The summed E-state index contributed by atoms with van der Waals surface area (Å²) in [5.41, 5.74) is 7.12. The summed E-state index contributed by atoms with van der Waals surface area (Å²) in [5.74, 6) is 2.02. The van der Waals surface area contributed by atoms with Gasteiger partial charge in [0.2, 0.25) is 5.91 Å². The van der Waals surface area contributed by atoms with Gasteiger partial charge < -0.3 is 10.6 Å². The largest absolute Gasteiger partial charge is 0.342 e. The van der Waals surface area contributed by atoms with Crippen molar-refractivity contribution >= 4 is 29.3 Å². The van der Waals surface area contributed by atoms with Crippen LogP contribution in [0.4, 0.5) is 0 Å². The third kappa shape index (κ3) is 5.20. The SMILES string of the molecule is CC(N)C1CCCN(C(=O)CSCc2cccc(Cl)c2)C1. The maximum absolute atomic E-state index is 12.3. The molecule has 1 aliphatic rings. The first-order valence-corrected chi connectivity index (χ1v) is 8.95. The first-order valence-electron chi connectivity index (χ1n) is 7.42. The van der Waals surface area contributed by atoms with Gasteiger partial charge in [0.05, 0.1) is 5.75 Å². The molecule has 1 saturated heterocycles. The number of hydrogen-bond acceptors (Lipinski definition) is 3. The maximum Gasteiger partial charge on any atom is 0.232 e. The van der Waals surface area contributed by atoms with Crippen LogP contribution in [0.3, 0.4) is 0 Å². The number of halogens is 1. The zero-order chi connectivity index (χ0) is 15.2. The molecule has 2 rings (SSSR count). The molecule has 1 aromatic rings. The van der Waals surface area contributed by atoms with Crippen LogP contribution in [0.2, 0.25) is 5.02 Å². The molecule has 116 valence electrons. The van der Waals surface area contributed by atoms with Crippen molar-refractivity contribution in [2.45, 2.75) is 31.6 Å². The van der Waals surface area contributed by atoms with Crippen LogP contribution in [-0.4, -0.2) is 35.7 Å². The summed E-state index contributed by atoms with van der Waals surface area (Å²) < 4.78 is 0. The molecule has 1 aromatic carbocycles. The van der Waals surface area contributed by atoms with Gasteiger partial charge in [-0.15, -0.1) is 11.8 Å². The predicted molar refractivity (Wildman–Crippen MR) is 90.6 cm³/mol. The molecule has 2 unspecified atom stereocenters. The summed E-state index contributed by atoms with van der Waals surface area (Å²) in [5, 5.41) is 0.746. The number of nitrogens with two attached hydrogens (primary N) is 1. The molecule has 2 atom stereocenters. The Kier molecular flexibility index (Phi) is 6.40. The predicted octanol–water partition coefficient (Wildman–Crippen LogP) is 3.16. The van der Waals surface area contributed by atoms with Crippen molar-refractivity contribution in [1.29, 1.82) is 0 Å². The molecule has 2 N–H and O–H groups in total. The summed E-state index contributed by atoms with van der Waals surface area (Å²) >= 11 is 7.60. The average molecular weight is 327 g/mol. The lowest BCUT2D eigenvalue weighted by molar-refractivity contribution is -0.130. The Hall–Kier alpha value is -0.710. The third-order valence-electron chi connectivity index (χ3n) is 3.94. The average Bonchev–Trinajstić information content (AvgIpc) is 2.47. The zero-order valence-electron chi connectivity index (χ0n) is 12.4. The number of hydrogen-bond donors (Lipinski definition) is 1. The molecule has 0 saturated carbocycles. The van der Waals surface area contributed by atoms with Crippen molar-refractivity contribution in [3.8, 4) is 0 Å². The van der Waals surface area contributed by atoms with E-state index in [2.05, 4.69) is 0 Å². The topological polar surface area (TPSA) is 46.3 Å². The molecule has 3 nitrogen and oxygen atoms in total. The minimum absolute atomic E-state index is 0.166. The van der Waals surface area contributed by atoms with E-state index in [1.54, 1.807) is 11.8 Å². The lowest BCUT2D eigenvalue weighted by Gasteiger charge is -2.34. The number of amides is 1. The van der Waals surface area contributed by atoms with Gasteiger partial charge in [-0.05, 0) is 43.4 Å². The highest BCUT2D eigenvalue weighted by atomic mass is 35.5. The van der Waals surface area contributed by atoms with E-state index < -0.39 is 0 Å². The van der Waals surface area contributed by atoms with Crippen LogP contribution in [-0.2, 0) is 10.5 Å². The lowest BCUT2D eigenvalue weighted by atomic mass is 9.92. The van der Waals surface area contributed by atoms with E-state index in [1.165, 1.54) is 0 Å². The van der Waals surface area contributed by atoms with Gasteiger partial charge in [0.25, 0.3) is 0 Å². The summed E-state index contributed by atoms with van der Waals surface area (Å²) in [7, 11) is 0. The van der Waals surface area contributed by atoms with Crippen molar-refractivity contribution in [2.75, 3.05) is 18.8 Å². The van der Waals surface area contributed by atoms with Crippen LogP contribution >= 0.6 is 23.4 Å². The van der Waals surface area contributed by atoms with Gasteiger partial charge in [0.15, 0.2) is 0 Å². The second-order valence-electron chi connectivity index (χ2n) is 5.72. The number of carbonyl (C=O) groups excluding carboxylic acids is 1. The third-order valence-corrected chi connectivity index (χ3v) is 5.16. The fraction of sp³-hybridized carbons (Fsp3) is 0.562. The van der Waals surface area contributed by atoms with E-state index in [0.717, 1.165) is 42.3 Å². The van der Waals surface area contributed by atoms with Crippen LogP contribution in [0.1, 0.15) is 25.3 Å². The second-order valence-corrected chi connectivity index (χ2v) is 7.15. The van der Waals surface area contributed by atoms with Gasteiger partial charge >= 0.3 is 0 Å². The minimum Gasteiger partial charge on any atom is -0.342 e. The van der Waals surface area contributed by atoms with Gasteiger partial charge in [-0.3, -0.25) is 4.79 Å². The number of thioether (sulfide) groups is 1. The first kappa shape index (κ1) is 16.7. The summed E-state index contributed by atoms with van der Waals surface area (Å²) in [6, 6.07) is 7.96. The number of carbonyl (C=O) groups is 1. The summed E-state index contributed by atoms with van der Waals surface area (Å²) in [6.07, 6.45) is 2.20. The Morgan fingerprint density at radius 1 is 1.57 bits per heavy atom. The minimum atomic E-state index is 0.166. The Labute approximate surface area is 136 Å². The highest BCUT2D eigenvalue weighted by molar-refractivity contribution is 7.99. The number of benzene rings is 1. The smallest absolute Gasteiger partial charge is 0.232 e. The zero-order valence-corrected chi connectivity index (χ0v) is 14.0. The molecule has 0 bridgehead atoms. The molecule has 5 heteroatoms. The van der Waals surface area contributed by atoms with Crippen LogP contribution in [0.25, 0.3) is 0 Å². The number of likely N-dealkylation sites (tertiary alicyclic amines) is 1. The summed E-state index contributed by atoms with van der Waals surface area (Å²) in [6.45, 7) is 3.72. The van der Waals surface area contributed by atoms with Crippen molar-refractivity contribution in [1.82, 2.24) is 4.90 Å². The van der Waals surface area contributed by atoms with Crippen LogP contribution < -0.4 is 5.73 Å². The molecule has 0 radical (unpaired) electrons. The molecular formula is C16H23ClN2OS. The molecule has 0 aromatic heterocycles. The summed E-state index contributed by atoms with van der Waals surface area (Å²) in [4.78, 5) is 14.2. The monoisotopic (exact) mass is 326 g/mol. The van der Waals surface area contributed by atoms with Crippen molar-refractivity contribution < 1.29 is 4.79 Å². The van der Waals surface area contributed by atoms with Crippen LogP contribution in [0.15, 0.2) is 24.3 Å². The lowest BCUT2D eigenvalue weighted by Crippen LogP contribution is -2.45. The molecule has 1 fully saturated rings. The van der Waals surface area contributed by atoms with E-state index in [1.807, 2.05) is 36.1 Å². The number of nitrogens with zero attached hydrogens (tertiary/aromatic N) is 1. The Bertz CT molecular complexity index is 481. The quantitative estimate of drug-likeness (QED) is 0.904. The Morgan fingerprint density at radius 2 is 2.38 bits per heavy atom.